The third-order valence-electron chi connectivity index (χ3n) is 2.94. The Morgan fingerprint density at radius 2 is 2.18 bits per heavy atom. The van der Waals surface area contributed by atoms with E-state index in [1.165, 1.54) is 30.0 Å². The van der Waals surface area contributed by atoms with Gasteiger partial charge in [0.05, 0.1) is 24.2 Å². The number of fused-ring (bicyclic) bond motifs is 1. The van der Waals surface area contributed by atoms with E-state index in [0.29, 0.717) is 20.9 Å². The van der Waals surface area contributed by atoms with Gasteiger partial charge in [0.2, 0.25) is 5.01 Å². The number of methoxy groups -OCH3 is 1. The van der Waals surface area contributed by atoms with Gasteiger partial charge in [0, 0.05) is 5.02 Å². The van der Waals surface area contributed by atoms with Crippen LogP contribution in [0.25, 0.3) is 15.9 Å². The summed E-state index contributed by atoms with van der Waals surface area (Å²) in [5.41, 5.74) is -0.813. The number of aromatic nitrogens is 3. The second-order valence-electron chi connectivity index (χ2n) is 4.25. The smallest absolute Gasteiger partial charge is 0.367 e. The van der Waals surface area contributed by atoms with Gasteiger partial charge < -0.3 is 4.74 Å². The Hall–Kier alpha value is -2.45. The highest BCUT2D eigenvalue weighted by molar-refractivity contribution is 7.16. The van der Waals surface area contributed by atoms with Crippen LogP contribution in [0.15, 0.2) is 34.0 Å². The number of aromatic amines is 1. The molecule has 0 saturated carbocycles. The van der Waals surface area contributed by atoms with Crippen LogP contribution in [0.3, 0.4) is 0 Å². The van der Waals surface area contributed by atoms with Gasteiger partial charge in [-0.05, 0) is 18.2 Å². The minimum absolute atomic E-state index is 0.103. The lowest BCUT2D eigenvalue weighted by Gasteiger charge is -2.06. The molecule has 22 heavy (non-hydrogen) atoms. The molecule has 0 aliphatic heterocycles. The van der Waals surface area contributed by atoms with Crippen LogP contribution >= 0.6 is 22.9 Å². The number of nitrogens with one attached hydrogen (secondary N) is 1. The maximum absolute atomic E-state index is 12.1. The van der Waals surface area contributed by atoms with E-state index in [4.69, 9.17) is 11.6 Å². The molecule has 112 valence electrons. The second-order valence-corrected chi connectivity index (χ2v) is 5.70. The Morgan fingerprint density at radius 1 is 1.41 bits per heavy atom. The summed E-state index contributed by atoms with van der Waals surface area (Å²) in [6.07, 6.45) is 1.36. The number of thiazole rings is 1. The van der Waals surface area contributed by atoms with E-state index in [1.54, 1.807) is 6.07 Å². The first-order chi connectivity index (χ1) is 10.5. The SMILES string of the molecule is COC(=O)c1ncc(-n2c(=O)[nH]c(=O)c3ccc(Cl)cc32)s1. The van der Waals surface area contributed by atoms with Gasteiger partial charge in [-0.2, -0.15) is 0 Å². The Bertz CT molecular complexity index is 1000. The largest absolute Gasteiger partial charge is 0.464 e. The van der Waals surface area contributed by atoms with Crippen molar-refractivity contribution in [1.29, 1.82) is 0 Å². The summed E-state index contributed by atoms with van der Waals surface area (Å²) >= 11 is 6.92. The predicted molar refractivity (Wildman–Crippen MR) is 82.2 cm³/mol. The van der Waals surface area contributed by atoms with E-state index in [1.807, 2.05) is 0 Å². The molecule has 0 aliphatic rings. The number of esters is 1. The molecule has 2 aromatic heterocycles. The van der Waals surface area contributed by atoms with Crippen molar-refractivity contribution >= 4 is 39.8 Å². The summed E-state index contributed by atoms with van der Waals surface area (Å²) in [6.45, 7) is 0. The van der Waals surface area contributed by atoms with Crippen molar-refractivity contribution in [1.82, 2.24) is 14.5 Å². The number of halogens is 1. The molecule has 7 nitrogen and oxygen atoms in total. The summed E-state index contributed by atoms with van der Waals surface area (Å²) in [5, 5.41) is 1.15. The van der Waals surface area contributed by atoms with Crippen LogP contribution < -0.4 is 11.2 Å². The molecule has 1 N–H and O–H groups in total. The van der Waals surface area contributed by atoms with Gasteiger partial charge in [0.1, 0.15) is 5.00 Å². The molecule has 0 amide bonds. The number of hydrogen-bond donors (Lipinski definition) is 1. The summed E-state index contributed by atoms with van der Waals surface area (Å²) in [5.74, 6) is -0.601. The fourth-order valence-electron chi connectivity index (χ4n) is 1.98. The zero-order chi connectivity index (χ0) is 15.9. The minimum Gasteiger partial charge on any atom is -0.464 e. The molecule has 9 heteroatoms. The van der Waals surface area contributed by atoms with Crippen molar-refractivity contribution in [3.63, 3.8) is 0 Å². The summed E-state index contributed by atoms with van der Waals surface area (Å²) in [7, 11) is 1.24. The van der Waals surface area contributed by atoms with Gasteiger partial charge in [-0.3, -0.25) is 14.3 Å². The van der Waals surface area contributed by atoms with E-state index in [-0.39, 0.29) is 5.01 Å². The number of rotatable bonds is 2. The van der Waals surface area contributed by atoms with Crippen LogP contribution in [0.2, 0.25) is 5.02 Å². The lowest BCUT2D eigenvalue weighted by molar-refractivity contribution is 0.0600. The molecular formula is C13H8ClN3O4S. The molecule has 1 aromatic carbocycles. The third-order valence-corrected chi connectivity index (χ3v) is 4.14. The zero-order valence-electron chi connectivity index (χ0n) is 11.1. The third kappa shape index (κ3) is 2.32. The standard InChI is InChI=1S/C13H8ClN3O4S/c1-21-12(19)11-15-5-9(22-11)17-8-4-6(14)2-3-7(8)10(18)16-13(17)20/h2-5H,1H3,(H,16,18,20). The summed E-state index contributed by atoms with van der Waals surface area (Å²) in [6, 6.07) is 4.58. The minimum atomic E-state index is -0.639. The van der Waals surface area contributed by atoms with Crippen LogP contribution in [-0.2, 0) is 4.74 Å². The first kappa shape index (κ1) is 14.5. The number of H-pyrrole nitrogens is 1. The molecule has 0 spiro atoms. The molecule has 0 bridgehead atoms. The molecule has 3 rings (SSSR count). The molecule has 0 radical (unpaired) electrons. The monoisotopic (exact) mass is 337 g/mol. The lowest BCUT2D eigenvalue weighted by atomic mass is 10.2. The Balaban J connectivity index is 2.33. The first-order valence-electron chi connectivity index (χ1n) is 6.00. The molecule has 0 saturated heterocycles. The molecule has 0 atom stereocenters. The van der Waals surface area contributed by atoms with Crippen LogP contribution in [0, 0.1) is 0 Å². The highest BCUT2D eigenvalue weighted by Gasteiger charge is 2.16. The van der Waals surface area contributed by atoms with Gasteiger partial charge in [-0.15, -0.1) is 0 Å². The summed E-state index contributed by atoms with van der Waals surface area (Å²) in [4.78, 5) is 41.6. The van der Waals surface area contributed by atoms with Gasteiger partial charge >= 0.3 is 11.7 Å². The number of carbonyl (C=O) groups excluding carboxylic acids is 1. The zero-order valence-corrected chi connectivity index (χ0v) is 12.7. The maximum atomic E-state index is 12.1. The molecule has 2 heterocycles. The van der Waals surface area contributed by atoms with Crippen LogP contribution in [0.1, 0.15) is 9.80 Å². The molecule has 0 aliphatic carbocycles. The van der Waals surface area contributed by atoms with Crippen molar-refractivity contribution in [2.45, 2.75) is 0 Å². The van der Waals surface area contributed by atoms with Crippen molar-refractivity contribution in [3.8, 4) is 5.00 Å². The average Bonchev–Trinajstić information content (AvgIpc) is 2.95. The summed E-state index contributed by atoms with van der Waals surface area (Å²) < 4.78 is 5.83. The van der Waals surface area contributed by atoms with Crippen molar-refractivity contribution < 1.29 is 9.53 Å². The van der Waals surface area contributed by atoms with E-state index in [0.717, 1.165) is 11.3 Å². The number of benzene rings is 1. The topological polar surface area (TPSA) is 94.0 Å². The fraction of sp³-hybridized carbons (Fsp3) is 0.0769. The Labute approximate surface area is 131 Å². The van der Waals surface area contributed by atoms with Crippen molar-refractivity contribution in [2.75, 3.05) is 7.11 Å². The maximum Gasteiger partial charge on any atom is 0.367 e. The second kappa shape index (κ2) is 5.39. The number of ether oxygens (including phenoxy) is 1. The Kier molecular flexibility index (Phi) is 3.55. The van der Waals surface area contributed by atoms with Crippen molar-refractivity contribution in [2.24, 2.45) is 0 Å². The van der Waals surface area contributed by atoms with E-state index in [9.17, 15) is 14.4 Å². The van der Waals surface area contributed by atoms with Gasteiger partial charge in [0.25, 0.3) is 5.56 Å². The normalized spacial score (nSPS) is 10.8. The number of nitrogens with zero attached hydrogens (tertiary/aromatic N) is 2. The quantitative estimate of drug-likeness (QED) is 0.716. The molecule has 3 aromatic rings. The highest BCUT2D eigenvalue weighted by Crippen LogP contribution is 2.22. The first-order valence-corrected chi connectivity index (χ1v) is 7.20. The van der Waals surface area contributed by atoms with E-state index < -0.39 is 17.2 Å². The average molecular weight is 338 g/mol. The molecule has 0 unspecified atom stereocenters. The van der Waals surface area contributed by atoms with Gasteiger partial charge in [0.15, 0.2) is 0 Å². The predicted octanol–water partition coefficient (Wildman–Crippen LogP) is 1.58. The van der Waals surface area contributed by atoms with Crippen LogP contribution in [0.4, 0.5) is 0 Å². The lowest BCUT2D eigenvalue weighted by Crippen LogP contribution is -2.28. The number of carbonyl (C=O) groups is 1. The van der Waals surface area contributed by atoms with E-state index in [2.05, 4.69) is 14.7 Å². The molecule has 0 fully saturated rings. The van der Waals surface area contributed by atoms with Crippen LogP contribution in [0.5, 0.6) is 0 Å². The Morgan fingerprint density at radius 3 is 2.91 bits per heavy atom. The number of hydrogen-bond acceptors (Lipinski definition) is 6. The molecular weight excluding hydrogens is 330 g/mol. The van der Waals surface area contributed by atoms with Crippen molar-refractivity contribution in [3.05, 3.63) is 55.3 Å². The van der Waals surface area contributed by atoms with E-state index >= 15 is 0 Å². The fourth-order valence-corrected chi connectivity index (χ4v) is 3.00. The van der Waals surface area contributed by atoms with Crippen LogP contribution in [-0.4, -0.2) is 27.6 Å². The van der Waals surface area contributed by atoms with Gasteiger partial charge in [-0.1, -0.05) is 22.9 Å². The van der Waals surface area contributed by atoms with Gasteiger partial charge in [-0.25, -0.2) is 14.6 Å². The highest BCUT2D eigenvalue weighted by atomic mass is 35.5.